The van der Waals surface area contributed by atoms with Gasteiger partial charge in [-0.25, -0.2) is 0 Å². The number of benzene rings is 1. The summed E-state index contributed by atoms with van der Waals surface area (Å²) in [5.41, 5.74) is 0. The first-order valence-corrected chi connectivity index (χ1v) is 7.78. The fourth-order valence-electron chi connectivity index (χ4n) is 1.37. The normalized spacial score (nSPS) is 13.5. The van der Waals surface area contributed by atoms with E-state index in [9.17, 15) is 0 Å². The zero-order valence-electron chi connectivity index (χ0n) is 10.7. The van der Waals surface area contributed by atoms with Gasteiger partial charge in [-0.15, -0.1) is 0 Å². The van der Waals surface area contributed by atoms with Crippen molar-refractivity contribution in [3.05, 3.63) is 41.1 Å². The van der Waals surface area contributed by atoms with E-state index in [4.69, 9.17) is 9.47 Å². The van der Waals surface area contributed by atoms with Crippen LogP contribution in [0, 0.1) is 0 Å². The van der Waals surface area contributed by atoms with Gasteiger partial charge in [0.15, 0.2) is 0 Å². The summed E-state index contributed by atoms with van der Waals surface area (Å²) in [6.45, 7) is 7.44. The monoisotopic (exact) mass is 300 g/mol. The van der Waals surface area contributed by atoms with Crippen molar-refractivity contribution in [1.82, 2.24) is 0 Å². The Morgan fingerprint density at radius 1 is 1.24 bits per heavy atom. The van der Waals surface area contributed by atoms with Gasteiger partial charge in [0.1, 0.15) is 0 Å². The molecule has 94 valence electrons. The molecule has 0 heterocycles. The van der Waals surface area contributed by atoms with Crippen molar-refractivity contribution >= 4 is 19.4 Å². The molecule has 1 unspecified atom stereocenters. The molecule has 0 bridgehead atoms. The van der Waals surface area contributed by atoms with Gasteiger partial charge in [0.05, 0.1) is 0 Å². The van der Waals surface area contributed by atoms with Crippen molar-refractivity contribution in [2.45, 2.75) is 26.9 Å². The molecule has 0 spiro atoms. The van der Waals surface area contributed by atoms with Gasteiger partial charge in [-0.3, -0.25) is 0 Å². The van der Waals surface area contributed by atoms with Crippen LogP contribution in [0.15, 0.2) is 41.1 Å². The van der Waals surface area contributed by atoms with Gasteiger partial charge in [-0.2, -0.15) is 0 Å². The Bertz CT molecular complexity index is 335. The van der Waals surface area contributed by atoms with Crippen LogP contribution in [0.5, 0.6) is 0 Å². The van der Waals surface area contributed by atoms with Crippen molar-refractivity contribution in [3.63, 3.8) is 0 Å². The third-order valence-corrected chi connectivity index (χ3v) is 4.06. The van der Waals surface area contributed by atoms with Gasteiger partial charge in [0, 0.05) is 0 Å². The van der Waals surface area contributed by atoms with Crippen LogP contribution in [-0.2, 0) is 9.47 Å². The maximum absolute atomic E-state index is 5.63. The van der Waals surface area contributed by atoms with Crippen molar-refractivity contribution < 1.29 is 9.47 Å². The Labute approximate surface area is 110 Å². The number of ether oxygens (including phenoxy) is 2. The van der Waals surface area contributed by atoms with E-state index in [0.717, 1.165) is 5.76 Å². The molecule has 3 heteroatoms. The molecule has 0 radical (unpaired) electrons. The molecule has 1 aromatic carbocycles. The summed E-state index contributed by atoms with van der Waals surface area (Å²) in [4.78, 5) is 2.17. The Balaban J connectivity index is 2.63. The molecule has 1 atom stereocenters. The molecule has 2 nitrogen and oxygen atoms in total. The molecule has 1 rings (SSSR count). The quantitative estimate of drug-likeness (QED) is 0.568. The minimum atomic E-state index is 0.0468. The molecule has 0 fully saturated rings. The summed E-state index contributed by atoms with van der Waals surface area (Å²) in [5.74, 6) is 0.957. The second-order valence-electron chi connectivity index (χ2n) is 3.48. The van der Waals surface area contributed by atoms with Gasteiger partial charge >= 0.3 is 110 Å². The second-order valence-corrected chi connectivity index (χ2v) is 5.46. The van der Waals surface area contributed by atoms with Crippen LogP contribution in [0.3, 0.4) is 0 Å². The molecular formula is C14H20O2Se. The summed E-state index contributed by atoms with van der Waals surface area (Å²) < 4.78 is 12.5. The molecule has 0 saturated carbocycles. The third-order valence-electron chi connectivity index (χ3n) is 2.18. The number of rotatable bonds is 7. The van der Waals surface area contributed by atoms with Crippen LogP contribution in [0.25, 0.3) is 0 Å². The molecule has 0 aromatic heterocycles. The Kier molecular flexibility index (Phi) is 7.02. The summed E-state index contributed by atoms with van der Waals surface area (Å²) in [7, 11) is 0. The average Bonchev–Trinajstić information content (AvgIpc) is 2.36. The first kappa shape index (κ1) is 14.3. The standard InChI is InChI=1S/C14H20O2Se/c1-4-15-12(3)14(16-5-2)11-17-13-9-7-6-8-10-13/h6-12H,4-5H2,1-3H3/b14-11-. The molecule has 0 saturated heterocycles. The van der Waals surface area contributed by atoms with E-state index >= 15 is 0 Å². The fraction of sp³-hybridized carbons (Fsp3) is 0.429. The molecular weight excluding hydrogens is 279 g/mol. The van der Waals surface area contributed by atoms with Crippen molar-refractivity contribution in [2.75, 3.05) is 13.2 Å². The fourth-order valence-corrected chi connectivity index (χ4v) is 3.10. The van der Waals surface area contributed by atoms with E-state index in [1.54, 1.807) is 0 Å². The zero-order chi connectivity index (χ0) is 12.5. The van der Waals surface area contributed by atoms with Crippen molar-refractivity contribution in [1.29, 1.82) is 0 Å². The topological polar surface area (TPSA) is 18.5 Å². The molecule has 0 N–H and O–H groups in total. The zero-order valence-corrected chi connectivity index (χ0v) is 12.4. The molecule has 0 aliphatic rings. The number of hydrogen-bond donors (Lipinski definition) is 0. The Morgan fingerprint density at radius 2 is 1.94 bits per heavy atom. The minimum absolute atomic E-state index is 0.0468. The van der Waals surface area contributed by atoms with Gasteiger partial charge in [0.25, 0.3) is 0 Å². The summed E-state index contributed by atoms with van der Waals surface area (Å²) >= 11 is 0.303. The first-order valence-electron chi connectivity index (χ1n) is 5.94. The van der Waals surface area contributed by atoms with E-state index in [1.165, 1.54) is 4.46 Å². The van der Waals surface area contributed by atoms with Gasteiger partial charge in [0.2, 0.25) is 0 Å². The van der Waals surface area contributed by atoms with Gasteiger partial charge in [-0.1, -0.05) is 0 Å². The molecule has 0 amide bonds. The SMILES string of the molecule is CCO/C(=C\[Se]c1ccccc1)C(C)OCC. The number of hydrogen-bond acceptors (Lipinski definition) is 2. The van der Waals surface area contributed by atoms with Crippen LogP contribution >= 0.6 is 0 Å². The molecule has 0 aliphatic heterocycles. The Hall–Kier alpha value is -0.761. The average molecular weight is 299 g/mol. The van der Waals surface area contributed by atoms with E-state index in [0.29, 0.717) is 28.2 Å². The molecule has 0 aliphatic carbocycles. The van der Waals surface area contributed by atoms with Crippen LogP contribution in [0.4, 0.5) is 0 Å². The van der Waals surface area contributed by atoms with Crippen LogP contribution in [0.1, 0.15) is 20.8 Å². The predicted octanol–water partition coefficient (Wildman–Crippen LogP) is 2.32. The van der Waals surface area contributed by atoms with Gasteiger partial charge in [-0.05, 0) is 0 Å². The molecule has 17 heavy (non-hydrogen) atoms. The van der Waals surface area contributed by atoms with Crippen LogP contribution in [-0.4, -0.2) is 34.3 Å². The van der Waals surface area contributed by atoms with E-state index < -0.39 is 0 Å². The van der Waals surface area contributed by atoms with E-state index in [2.05, 4.69) is 29.2 Å². The third kappa shape index (κ3) is 5.40. The molecule has 1 aromatic rings. The van der Waals surface area contributed by atoms with Gasteiger partial charge < -0.3 is 0 Å². The maximum atomic E-state index is 5.63. The summed E-state index contributed by atoms with van der Waals surface area (Å²) in [5, 5.41) is 0. The predicted molar refractivity (Wildman–Crippen MR) is 72.6 cm³/mol. The second kappa shape index (κ2) is 8.35. The van der Waals surface area contributed by atoms with Crippen molar-refractivity contribution in [3.8, 4) is 0 Å². The summed E-state index contributed by atoms with van der Waals surface area (Å²) in [6, 6.07) is 10.5. The van der Waals surface area contributed by atoms with Crippen LogP contribution < -0.4 is 4.46 Å². The van der Waals surface area contributed by atoms with E-state index in [1.807, 2.05) is 26.8 Å². The summed E-state index contributed by atoms with van der Waals surface area (Å²) in [6.07, 6.45) is 0.0468. The van der Waals surface area contributed by atoms with Crippen molar-refractivity contribution in [2.24, 2.45) is 0 Å². The van der Waals surface area contributed by atoms with Crippen LogP contribution in [0.2, 0.25) is 0 Å². The Morgan fingerprint density at radius 3 is 2.53 bits per heavy atom. The van der Waals surface area contributed by atoms with E-state index in [-0.39, 0.29) is 6.10 Å². The first-order chi connectivity index (χ1) is 8.27.